The van der Waals surface area contributed by atoms with E-state index in [2.05, 4.69) is 13.8 Å². The van der Waals surface area contributed by atoms with E-state index in [-0.39, 0.29) is 11.8 Å². The molecule has 0 saturated carbocycles. The summed E-state index contributed by atoms with van der Waals surface area (Å²) in [6.45, 7) is 13.0. The highest BCUT2D eigenvalue weighted by atomic mass is 19.1. The summed E-state index contributed by atoms with van der Waals surface area (Å²) in [6, 6.07) is 7.51. The summed E-state index contributed by atoms with van der Waals surface area (Å²) in [5.41, 5.74) is 2.85. The monoisotopic (exact) mass is 386 g/mol. The zero-order valence-electron chi connectivity index (χ0n) is 18.3. The SMILES string of the molecule is CCCCN1CCCC(C)C(=N/C(C)=C(\C)c2ccc(C(C)(C)F)cc2)C1=O. The van der Waals surface area contributed by atoms with Crippen molar-refractivity contribution in [3.8, 4) is 0 Å². The van der Waals surface area contributed by atoms with Gasteiger partial charge in [0, 0.05) is 24.7 Å². The van der Waals surface area contributed by atoms with E-state index >= 15 is 0 Å². The fraction of sp³-hybridized carbons (Fsp3) is 0.583. The second kappa shape index (κ2) is 9.49. The van der Waals surface area contributed by atoms with E-state index in [4.69, 9.17) is 4.99 Å². The third kappa shape index (κ3) is 5.52. The van der Waals surface area contributed by atoms with Gasteiger partial charge in [-0.2, -0.15) is 0 Å². The van der Waals surface area contributed by atoms with E-state index in [9.17, 15) is 9.18 Å². The smallest absolute Gasteiger partial charge is 0.268 e. The van der Waals surface area contributed by atoms with Crippen molar-refractivity contribution >= 4 is 17.2 Å². The van der Waals surface area contributed by atoms with Gasteiger partial charge in [0.2, 0.25) is 0 Å². The number of nitrogens with zero attached hydrogens (tertiary/aromatic N) is 2. The number of hydrogen-bond acceptors (Lipinski definition) is 2. The van der Waals surface area contributed by atoms with Gasteiger partial charge in [-0.1, -0.05) is 44.5 Å². The molecule has 1 aromatic rings. The molecule has 1 aliphatic rings. The Morgan fingerprint density at radius 1 is 1.25 bits per heavy atom. The van der Waals surface area contributed by atoms with E-state index in [0.717, 1.165) is 55.6 Å². The standard InChI is InChI=1S/C24H35FN2O/c1-7-8-15-27-16-9-10-17(2)22(23(27)28)26-19(4)18(3)20-11-13-21(14-12-20)24(5,6)25/h11-14,17H,7-10,15-16H2,1-6H3/b19-18+,26-22?. The summed E-state index contributed by atoms with van der Waals surface area (Å²) < 4.78 is 14.1. The Morgan fingerprint density at radius 3 is 2.46 bits per heavy atom. The number of alkyl halides is 1. The number of unbranched alkanes of at least 4 members (excludes halogenated alkanes) is 1. The first-order valence-corrected chi connectivity index (χ1v) is 10.5. The first-order chi connectivity index (χ1) is 13.1. The van der Waals surface area contributed by atoms with Gasteiger partial charge >= 0.3 is 0 Å². The number of allylic oxidation sites excluding steroid dienone is 2. The normalized spacial score (nSPS) is 21.0. The first kappa shape index (κ1) is 22.3. The zero-order chi connectivity index (χ0) is 20.9. The fourth-order valence-electron chi connectivity index (χ4n) is 3.51. The van der Waals surface area contributed by atoms with Gasteiger partial charge in [-0.25, -0.2) is 4.39 Å². The summed E-state index contributed by atoms with van der Waals surface area (Å²) in [5.74, 6) is 0.247. The topological polar surface area (TPSA) is 32.7 Å². The minimum absolute atomic E-state index is 0.0835. The Hall–Kier alpha value is -1.97. The first-order valence-electron chi connectivity index (χ1n) is 10.5. The van der Waals surface area contributed by atoms with Gasteiger partial charge in [-0.05, 0) is 63.7 Å². The Morgan fingerprint density at radius 2 is 1.89 bits per heavy atom. The van der Waals surface area contributed by atoms with Gasteiger partial charge in [0.25, 0.3) is 5.91 Å². The van der Waals surface area contributed by atoms with Gasteiger partial charge in [-0.15, -0.1) is 0 Å². The van der Waals surface area contributed by atoms with Crippen molar-refractivity contribution in [1.29, 1.82) is 0 Å². The molecule has 0 N–H and O–H groups in total. The molecule has 1 aliphatic heterocycles. The number of amides is 1. The summed E-state index contributed by atoms with van der Waals surface area (Å²) >= 11 is 0. The van der Waals surface area contributed by atoms with E-state index < -0.39 is 5.67 Å². The molecule has 0 aromatic heterocycles. The Kier molecular flexibility index (Phi) is 7.56. The van der Waals surface area contributed by atoms with Gasteiger partial charge in [0.1, 0.15) is 11.4 Å². The molecule has 3 nitrogen and oxygen atoms in total. The number of halogens is 1. The fourth-order valence-corrected chi connectivity index (χ4v) is 3.51. The molecular weight excluding hydrogens is 351 g/mol. The molecule has 0 radical (unpaired) electrons. The second-order valence-corrected chi connectivity index (χ2v) is 8.45. The van der Waals surface area contributed by atoms with Gasteiger partial charge in [-0.3, -0.25) is 9.79 Å². The summed E-state index contributed by atoms with van der Waals surface area (Å²) in [5, 5.41) is 0. The quantitative estimate of drug-likeness (QED) is 0.578. The van der Waals surface area contributed by atoms with E-state index in [0.29, 0.717) is 11.3 Å². The number of rotatable bonds is 6. The lowest BCUT2D eigenvalue weighted by Crippen LogP contribution is -2.37. The number of benzene rings is 1. The zero-order valence-corrected chi connectivity index (χ0v) is 18.3. The lowest BCUT2D eigenvalue weighted by atomic mass is 9.96. The van der Waals surface area contributed by atoms with Gasteiger partial charge < -0.3 is 4.90 Å². The number of carbonyl (C=O) groups excluding carboxylic acids is 1. The van der Waals surface area contributed by atoms with Crippen LogP contribution in [0.1, 0.15) is 78.4 Å². The third-order valence-electron chi connectivity index (χ3n) is 5.66. The molecule has 1 saturated heterocycles. The maximum absolute atomic E-state index is 14.1. The molecule has 1 heterocycles. The van der Waals surface area contributed by atoms with Crippen molar-refractivity contribution in [2.75, 3.05) is 13.1 Å². The summed E-state index contributed by atoms with van der Waals surface area (Å²) in [6.07, 6.45) is 4.12. The van der Waals surface area contributed by atoms with Crippen LogP contribution in [0, 0.1) is 5.92 Å². The van der Waals surface area contributed by atoms with Crippen molar-refractivity contribution in [1.82, 2.24) is 4.90 Å². The van der Waals surface area contributed by atoms with Gasteiger partial charge in [0.05, 0.1) is 0 Å². The molecule has 154 valence electrons. The van der Waals surface area contributed by atoms with Crippen LogP contribution in [0.2, 0.25) is 0 Å². The number of likely N-dealkylation sites (tertiary alicyclic amines) is 1. The van der Waals surface area contributed by atoms with Crippen molar-refractivity contribution in [2.24, 2.45) is 10.9 Å². The lowest BCUT2D eigenvalue weighted by Gasteiger charge is -2.21. The molecule has 0 bridgehead atoms. The molecule has 2 rings (SSSR count). The van der Waals surface area contributed by atoms with Crippen LogP contribution in [0.4, 0.5) is 4.39 Å². The molecule has 1 amide bonds. The largest absolute Gasteiger partial charge is 0.338 e. The number of aliphatic imine (C=N–C) groups is 1. The maximum atomic E-state index is 14.1. The summed E-state index contributed by atoms with van der Waals surface area (Å²) in [4.78, 5) is 19.8. The highest BCUT2D eigenvalue weighted by Crippen LogP contribution is 2.27. The Bertz CT molecular complexity index is 739. The highest BCUT2D eigenvalue weighted by molar-refractivity contribution is 6.39. The van der Waals surface area contributed by atoms with Crippen LogP contribution < -0.4 is 0 Å². The summed E-state index contributed by atoms with van der Waals surface area (Å²) in [7, 11) is 0. The van der Waals surface area contributed by atoms with Crippen LogP contribution in [0.25, 0.3) is 5.57 Å². The van der Waals surface area contributed by atoms with Crippen LogP contribution in [0.5, 0.6) is 0 Å². The minimum atomic E-state index is -1.35. The molecule has 0 aliphatic carbocycles. The Balaban J connectivity index is 2.32. The molecule has 28 heavy (non-hydrogen) atoms. The maximum Gasteiger partial charge on any atom is 0.268 e. The Labute approximate surface area is 169 Å². The third-order valence-corrected chi connectivity index (χ3v) is 5.66. The molecule has 1 unspecified atom stereocenters. The number of hydrogen-bond donors (Lipinski definition) is 0. The highest BCUT2D eigenvalue weighted by Gasteiger charge is 2.27. The van der Waals surface area contributed by atoms with Crippen molar-refractivity contribution in [3.05, 3.63) is 41.1 Å². The second-order valence-electron chi connectivity index (χ2n) is 8.45. The van der Waals surface area contributed by atoms with Crippen molar-refractivity contribution < 1.29 is 9.18 Å². The molecule has 1 fully saturated rings. The van der Waals surface area contributed by atoms with Crippen molar-refractivity contribution in [3.63, 3.8) is 0 Å². The van der Waals surface area contributed by atoms with Gasteiger partial charge in [0.15, 0.2) is 0 Å². The van der Waals surface area contributed by atoms with Crippen LogP contribution in [0.3, 0.4) is 0 Å². The van der Waals surface area contributed by atoms with Crippen LogP contribution in [0.15, 0.2) is 35.0 Å². The minimum Gasteiger partial charge on any atom is -0.338 e. The van der Waals surface area contributed by atoms with Crippen LogP contribution >= 0.6 is 0 Å². The molecule has 1 atom stereocenters. The predicted molar refractivity (Wildman–Crippen MR) is 116 cm³/mol. The predicted octanol–water partition coefficient (Wildman–Crippen LogP) is 6.14. The lowest BCUT2D eigenvalue weighted by molar-refractivity contribution is -0.124. The molecule has 4 heteroatoms. The van der Waals surface area contributed by atoms with Crippen molar-refractivity contribution in [2.45, 2.75) is 72.9 Å². The van der Waals surface area contributed by atoms with E-state index in [1.54, 1.807) is 13.8 Å². The molecular formula is C24H35FN2O. The van der Waals surface area contributed by atoms with E-state index in [1.165, 1.54) is 0 Å². The number of carbonyl (C=O) groups is 1. The van der Waals surface area contributed by atoms with Crippen LogP contribution in [-0.2, 0) is 10.5 Å². The molecule has 1 aromatic carbocycles. The average Bonchev–Trinajstić information content (AvgIpc) is 2.78. The average molecular weight is 387 g/mol. The molecule has 0 spiro atoms. The van der Waals surface area contributed by atoms with Crippen LogP contribution in [-0.4, -0.2) is 29.6 Å². The van der Waals surface area contributed by atoms with E-state index in [1.807, 2.05) is 43.0 Å².